The summed E-state index contributed by atoms with van der Waals surface area (Å²) in [5.74, 6) is -2.60. The van der Waals surface area contributed by atoms with Gasteiger partial charge >= 0.3 is 0 Å². The number of hydrogen-bond acceptors (Lipinski definition) is 5. The SMILES string of the molecule is N#C[C@@H](C(=O)CN1C(=O)[C@H]2CCCC[C@@H]2C1=O)c1ccccn1. The standard InChI is InChI=1S/C17H17N3O3/c18-9-13(14-7-3-4-8-19-14)15(21)10-20-16(22)11-5-1-2-6-12(11)17(20)23/h3-4,7-8,11-13H,1-2,5-6,10H2/t11-,12-,13+/m0/s1. The van der Waals surface area contributed by atoms with Crippen LogP contribution in [-0.4, -0.2) is 34.0 Å². The van der Waals surface area contributed by atoms with Crippen LogP contribution in [0.3, 0.4) is 0 Å². The predicted molar refractivity (Wildman–Crippen MR) is 79.8 cm³/mol. The molecule has 1 saturated heterocycles. The summed E-state index contributed by atoms with van der Waals surface area (Å²) in [4.78, 5) is 42.3. The fourth-order valence-corrected chi connectivity index (χ4v) is 3.48. The van der Waals surface area contributed by atoms with E-state index in [1.165, 1.54) is 6.20 Å². The van der Waals surface area contributed by atoms with Crippen molar-refractivity contribution in [3.8, 4) is 6.07 Å². The van der Waals surface area contributed by atoms with Crippen LogP contribution in [0.2, 0.25) is 0 Å². The number of nitriles is 1. The fraction of sp³-hybridized carbons (Fsp3) is 0.471. The first-order valence-corrected chi connectivity index (χ1v) is 7.82. The number of fused-ring (bicyclic) bond motifs is 1. The Morgan fingerprint density at radius 2 is 1.91 bits per heavy atom. The third-order valence-electron chi connectivity index (χ3n) is 4.68. The van der Waals surface area contributed by atoms with E-state index in [1.807, 2.05) is 6.07 Å². The minimum atomic E-state index is -1.06. The summed E-state index contributed by atoms with van der Waals surface area (Å²) in [6, 6.07) is 6.91. The molecule has 1 aliphatic heterocycles. The van der Waals surface area contributed by atoms with Gasteiger partial charge in [0.15, 0.2) is 5.78 Å². The van der Waals surface area contributed by atoms with E-state index < -0.39 is 11.7 Å². The summed E-state index contributed by atoms with van der Waals surface area (Å²) in [6.07, 6.45) is 4.81. The van der Waals surface area contributed by atoms with Gasteiger partial charge in [0.05, 0.1) is 30.1 Å². The number of amides is 2. The van der Waals surface area contributed by atoms with Crippen LogP contribution in [0.15, 0.2) is 24.4 Å². The Morgan fingerprint density at radius 1 is 1.26 bits per heavy atom. The Labute approximate surface area is 134 Å². The lowest BCUT2D eigenvalue weighted by molar-refractivity contribution is -0.143. The summed E-state index contributed by atoms with van der Waals surface area (Å²) in [5.41, 5.74) is 0.344. The Bertz CT molecular complexity index is 656. The van der Waals surface area contributed by atoms with Gasteiger partial charge in [-0.15, -0.1) is 0 Å². The first kappa shape index (κ1) is 15.3. The topological polar surface area (TPSA) is 91.1 Å². The average Bonchev–Trinajstić information content (AvgIpc) is 2.82. The van der Waals surface area contributed by atoms with E-state index in [2.05, 4.69) is 4.98 Å². The molecule has 2 heterocycles. The number of carbonyl (C=O) groups excluding carboxylic acids is 3. The molecule has 0 N–H and O–H groups in total. The molecule has 23 heavy (non-hydrogen) atoms. The third kappa shape index (κ3) is 2.74. The highest BCUT2D eigenvalue weighted by molar-refractivity contribution is 6.08. The monoisotopic (exact) mass is 311 g/mol. The summed E-state index contributed by atoms with van der Waals surface area (Å²) >= 11 is 0. The number of pyridine rings is 1. The number of carbonyl (C=O) groups is 3. The van der Waals surface area contributed by atoms with E-state index in [4.69, 9.17) is 0 Å². The predicted octanol–water partition coefficient (Wildman–Crippen LogP) is 1.43. The van der Waals surface area contributed by atoms with Crippen molar-refractivity contribution in [3.63, 3.8) is 0 Å². The van der Waals surface area contributed by atoms with E-state index in [1.54, 1.807) is 18.2 Å². The van der Waals surface area contributed by atoms with Crippen molar-refractivity contribution in [2.45, 2.75) is 31.6 Å². The highest BCUT2D eigenvalue weighted by atomic mass is 16.2. The van der Waals surface area contributed by atoms with Gasteiger partial charge in [0.2, 0.25) is 11.8 Å². The Hall–Kier alpha value is -2.55. The largest absolute Gasteiger partial charge is 0.296 e. The van der Waals surface area contributed by atoms with Crippen LogP contribution in [0, 0.1) is 23.2 Å². The van der Waals surface area contributed by atoms with Crippen LogP contribution in [-0.2, 0) is 14.4 Å². The molecule has 0 bridgehead atoms. The number of nitrogens with zero attached hydrogens (tertiary/aromatic N) is 3. The highest BCUT2D eigenvalue weighted by Gasteiger charge is 2.48. The molecule has 3 rings (SSSR count). The van der Waals surface area contributed by atoms with Gasteiger partial charge in [-0.1, -0.05) is 18.9 Å². The molecule has 2 fully saturated rings. The maximum absolute atomic E-state index is 12.4. The zero-order valence-electron chi connectivity index (χ0n) is 12.6. The molecule has 6 nitrogen and oxygen atoms in total. The molecular formula is C17H17N3O3. The maximum atomic E-state index is 12.4. The summed E-state index contributed by atoms with van der Waals surface area (Å²) < 4.78 is 0. The van der Waals surface area contributed by atoms with Crippen molar-refractivity contribution in [2.75, 3.05) is 6.54 Å². The summed E-state index contributed by atoms with van der Waals surface area (Å²) in [5, 5.41) is 9.26. The van der Waals surface area contributed by atoms with Gasteiger partial charge < -0.3 is 0 Å². The van der Waals surface area contributed by atoms with E-state index in [0.29, 0.717) is 18.5 Å². The fourth-order valence-electron chi connectivity index (χ4n) is 3.48. The lowest BCUT2D eigenvalue weighted by Crippen LogP contribution is -2.37. The third-order valence-corrected chi connectivity index (χ3v) is 4.68. The normalized spacial score (nSPS) is 24.9. The molecule has 1 aromatic heterocycles. The van der Waals surface area contributed by atoms with Gasteiger partial charge in [0.1, 0.15) is 5.92 Å². The van der Waals surface area contributed by atoms with E-state index in [9.17, 15) is 19.6 Å². The number of hydrogen-bond donors (Lipinski definition) is 0. The molecule has 0 unspecified atom stereocenters. The first-order chi connectivity index (χ1) is 11.1. The molecule has 2 amide bonds. The number of aromatic nitrogens is 1. The lowest BCUT2D eigenvalue weighted by Gasteiger charge is -2.19. The number of likely N-dealkylation sites (tertiary alicyclic amines) is 1. The zero-order chi connectivity index (χ0) is 16.4. The van der Waals surface area contributed by atoms with E-state index in [0.717, 1.165) is 17.7 Å². The first-order valence-electron chi connectivity index (χ1n) is 7.82. The van der Waals surface area contributed by atoms with E-state index >= 15 is 0 Å². The van der Waals surface area contributed by atoms with Crippen LogP contribution < -0.4 is 0 Å². The molecule has 6 heteroatoms. The van der Waals surface area contributed by atoms with Crippen LogP contribution in [0.25, 0.3) is 0 Å². The second-order valence-corrected chi connectivity index (χ2v) is 6.04. The highest BCUT2D eigenvalue weighted by Crippen LogP contribution is 2.38. The Morgan fingerprint density at radius 3 is 2.43 bits per heavy atom. The average molecular weight is 311 g/mol. The number of rotatable bonds is 4. The molecule has 1 saturated carbocycles. The molecule has 0 spiro atoms. The molecule has 1 aromatic rings. The lowest BCUT2D eigenvalue weighted by atomic mass is 9.81. The molecule has 3 atom stereocenters. The second kappa shape index (κ2) is 6.29. The number of ketones is 1. The quantitative estimate of drug-likeness (QED) is 0.785. The van der Waals surface area contributed by atoms with Crippen molar-refractivity contribution < 1.29 is 14.4 Å². The minimum Gasteiger partial charge on any atom is -0.296 e. The minimum absolute atomic E-state index is 0.259. The molecular weight excluding hydrogens is 294 g/mol. The van der Waals surface area contributed by atoms with Crippen LogP contribution in [0.4, 0.5) is 0 Å². The van der Waals surface area contributed by atoms with Crippen LogP contribution in [0.1, 0.15) is 37.3 Å². The van der Waals surface area contributed by atoms with Crippen molar-refractivity contribution in [2.24, 2.45) is 11.8 Å². The zero-order valence-corrected chi connectivity index (χ0v) is 12.6. The van der Waals surface area contributed by atoms with E-state index in [-0.39, 0.29) is 30.2 Å². The van der Waals surface area contributed by atoms with Gasteiger partial charge in [-0.05, 0) is 25.0 Å². The molecule has 1 aliphatic carbocycles. The van der Waals surface area contributed by atoms with Crippen molar-refractivity contribution in [1.82, 2.24) is 9.88 Å². The van der Waals surface area contributed by atoms with Gasteiger partial charge in [0, 0.05) is 6.20 Å². The van der Waals surface area contributed by atoms with Crippen molar-refractivity contribution in [1.29, 1.82) is 5.26 Å². The summed E-state index contributed by atoms with van der Waals surface area (Å²) in [7, 11) is 0. The number of Topliss-reactive ketones (excluding diaryl/α,β-unsaturated/α-hetero) is 1. The van der Waals surface area contributed by atoms with Crippen molar-refractivity contribution in [3.05, 3.63) is 30.1 Å². The van der Waals surface area contributed by atoms with Gasteiger partial charge in [-0.3, -0.25) is 24.3 Å². The smallest absolute Gasteiger partial charge is 0.233 e. The van der Waals surface area contributed by atoms with Gasteiger partial charge in [0.25, 0.3) is 0 Å². The molecule has 2 aliphatic rings. The van der Waals surface area contributed by atoms with Gasteiger partial charge in [-0.25, -0.2) is 0 Å². The molecule has 118 valence electrons. The van der Waals surface area contributed by atoms with Crippen LogP contribution >= 0.6 is 0 Å². The molecule has 0 radical (unpaired) electrons. The second-order valence-electron chi connectivity index (χ2n) is 6.04. The summed E-state index contributed by atoms with van der Waals surface area (Å²) in [6.45, 7) is -0.334. The van der Waals surface area contributed by atoms with Gasteiger partial charge in [-0.2, -0.15) is 5.26 Å². The Balaban J connectivity index is 1.76. The Kier molecular flexibility index (Phi) is 4.20. The van der Waals surface area contributed by atoms with Crippen molar-refractivity contribution >= 4 is 17.6 Å². The maximum Gasteiger partial charge on any atom is 0.233 e. The number of imide groups is 1. The van der Waals surface area contributed by atoms with Crippen LogP contribution in [0.5, 0.6) is 0 Å². The molecule has 0 aromatic carbocycles.